The first-order chi connectivity index (χ1) is 11.0. The predicted octanol–water partition coefficient (Wildman–Crippen LogP) is 3.93. The molecule has 3 nitrogen and oxygen atoms in total. The van der Waals surface area contributed by atoms with E-state index in [-0.39, 0.29) is 23.2 Å². The molecular weight excluding hydrogens is 308 g/mol. The molecule has 0 unspecified atom stereocenters. The van der Waals surface area contributed by atoms with Gasteiger partial charge in [0.25, 0.3) is 0 Å². The molecule has 1 aliphatic carbocycles. The zero-order chi connectivity index (χ0) is 16.4. The van der Waals surface area contributed by atoms with Crippen LogP contribution in [0.5, 0.6) is 0 Å². The lowest BCUT2D eigenvalue weighted by molar-refractivity contribution is -0.133. The van der Waals surface area contributed by atoms with Gasteiger partial charge in [0, 0.05) is 41.3 Å². The number of ketones is 1. The van der Waals surface area contributed by atoms with Crippen molar-refractivity contribution in [3.05, 3.63) is 34.9 Å². The van der Waals surface area contributed by atoms with Crippen molar-refractivity contribution >= 4 is 17.4 Å². The summed E-state index contributed by atoms with van der Waals surface area (Å²) in [5.41, 5.74) is 0.818. The molecule has 0 aromatic heterocycles. The maximum atomic E-state index is 13.2. The molecule has 4 heteroatoms. The molecule has 0 amide bonds. The Labute approximate surface area is 143 Å². The van der Waals surface area contributed by atoms with Gasteiger partial charge >= 0.3 is 0 Å². The Morgan fingerprint density at radius 3 is 2.52 bits per heavy atom. The molecule has 1 saturated carbocycles. The van der Waals surface area contributed by atoms with Gasteiger partial charge in [0.15, 0.2) is 0 Å². The number of nitriles is 1. The fourth-order valence-electron chi connectivity index (χ4n) is 4.22. The van der Waals surface area contributed by atoms with Gasteiger partial charge in [-0.25, -0.2) is 0 Å². The molecule has 0 radical (unpaired) electrons. The topological polar surface area (TPSA) is 52.9 Å². The van der Waals surface area contributed by atoms with E-state index in [4.69, 9.17) is 16.9 Å². The number of hydrogen-bond acceptors (Lipinski definition) is 3. The van der Waals surface area contributed by atoms with E-state index in [2.05, 4.69) is 18.3 Å². The van der Waals surface area contributed by atoms with E-state index >= 15 is 0 Å². The van der Waals surface area contributed by atoms with Gasteiger partial charge in [0.1, 0.15) is 5.78 Å². The number of nitrogens with zero attached hydrogens (tertiary/aromatic N) is 1. The highest BCUT2D eigenvalue weighted by atomic mass is 35.5. The normalized spacial score (nSPS) is 34.0. The van der Waals surface area contributed by atoms with Crippen LogP contribution in [0.2, 0.25) is 5.02 Å². The molecule has 122 valence electrons. The lowest BCUT2D eigenvalue weighted by atomic mass is 9.66. The number of Topliss-reactive ketones (excluding diaryl/α,β-unsaturated/α-hetero) is 1. The summed E-state index contributed by atoms with van der Waals surface area (Å²) < 4.78 is 0. The summed E-state index contributed by atoms with van der Waals surface area (Å²) in [6.45, 7) is 3.67. The maximum absolute atomic E-state index is 13.2. The van der Waals surface area contributed by atoms with Crippen LogP contribution in [0.1, 0.15) is 44.1 Å². The smallest absolute Gasteiger partial charge is 0.143 e. The van der Waals surface area contributed by atoms with E-state index in [1.165, 1.54) is 5.56 Å². The van der Waals surface area contributed by atoms with E-state index in [0.717, 1.165) is 43.8 Å². The van der Waals surface area contributed by atoms with Crippen LogP contribution >= 0.6 is 11.6 Å². The van der Waals surface area contributed by atoms with Crippen molar-refractivity contribution in [1.82, 2.24) is 5.32 Å². The molecular formula is C19H23ClN2O. The van der Waals surface area contributed by atoms with Gasteiger partial charge in [-0.1, -0.05) is 30.7 Å². The van der Waals surface area contributed by atoms with Crippen LogP contribution in [0.25, 0.3) is 0 Å². The Morgan fingerprint density at radius 1 is 1.26 bits per heavy atom. The minimum Gasteiger partial charge on any atom is -0.315 e. The summed E-state index contributed by atoms with van der Waals surface area (Å²) >= 11 is 5.99. The summed E-state index contributed by atoms with van der Waals surface area (Å²) in [5.74, 6) is 0.819. The third-order valence-corrected chi connectivity index (χ3v) is 5.98. The van der Waals surface area contributed by atoms with Crippen molar-refractivity contribution in [2.45, 2.75) is 38.5 Å². The number of nitrogens with one attached hydrogen (secondary N) is 1. The van der Waals surface area contributed by atoms with Gasteiger partial charge in [-0.2, -0.15) is 5.26 Å². The molecule has 1 aromatic carbocycles. The number of carbonyl (C=O) groups is 1. The van der Waals surface area contributed by atoms with Gasteiger partial charge in [-0.3, -0.25) is 4.79 Å². The van der Waals surface area contributed by atoms with E-state index in [1.807, 2.05) is 24.3 Å². The van der Waals surface area contributed by atoms with Crippen LogP contribution in [0.3, 0.4) is 0 Å². The van der Waals surface area contributed by atoms with Crippen molar-refractivity contribution in [2.24, 2.45) is 17.3 Å². The first kappa shape index (κ1) is 16.5. The summed E-state index contributed by atoms with van der Waals surface area (Å²) in [6, 6.07) is 10.2. The molecule has 1 N–H and O–H groups in total. The molecule has 1 saturated heterocycles. The van der Waals surface area contributed by atoms with Crippen LogP contribution in [0.15, 0.2) is 24.3 Å². The molecule has 23 heavy (non-hydrogen) atoms. The average molecular weight is 331 g/mol. The Hall–Kier alpha value is -1.37. The Morgan fingerprint density at radius 2 is 1.91 bits per heavy atom. The van der Waals surface area contributed by atoms with Crippen molar-refractivity contribution in [2.75, 3.05) is 13.1 Å². The second kappa shape index (κ2) is 6.63. The van der Waals surface area contributed by atoms with E-state index in [9.17, 15) is 4.79 Å². The van der Waals surface area contributed by atoms with Crippen LogP contribution in [-0.2, 0) is 4.79 Å². The van der Waals surface area contributed by atoms with Crippen molar-refractivity contribution in [3.8, 4) is 6.07 Å². The number of benzene rings is 1. The Kier molecular flexibility index (Phi) is 4.75. The zero-order valence-electron chi connectivity index (χ0n) is 13.5. The zero-order valence-corrected chi connectivity index (χ0v) is 14.3. The minimum absolute atomic E-state index is 0.110. The highest BCUT2D eigenvalue weighted by Gasteiger charge is 2.48. The first-order valence-electron chi connectivity index (χ1n) is 8.44. The fraction of sp³-hybridized carbons (Fsp3) is 0.579. The number of halogens is 1. The predicted molar refractivity (Wildman–Crippen MR) is 91.2 cm³/mol. The lowest BCUT2D eigenvalue weighted by Gasteiger charge is -2.35. The number of carbonyl (C=O) groups excluding carboxylic acids is 1. The molecule has 0 spiro atoms. The van der Waals surface area contributed by atoms with Crippen LogP contribution in [0, 0.1) is 28.6 Å². The number of hydrogen-bond donors (Lipinski definition) is 1. The quantitative estimate of drug-likeness (QED) is 0.913. The monoisotopic (exact) mass is 330 g/mol. The van der Waals surface area contributed by atoms with Gasteiger partial charge in [-0.05, 0) is 43.4 Å². The van der Waals surface area contributed by atoms with Crippen molar-refractivity contribution < 1.29 is 4.79 Å². The standard InChI is InChI=1S/C19H23ClN2O/c1-19(18(23)15-4-2-13(10-21)3-5-15)12-22-11-17(19)14-6-8-16(20)9-7-14/h6-9,13,15,17,22H,2-5,11-12H2,1H3/t13?,15?,17-,19-/m1/s1. The van der Waals surface area contributed by atoms with Gasteiger partial charge in [-0.15, -0.1) is 0 Å². The molecule has 2 aliphatic rings. The lowest BCUT2D eigenvalue weighted by Crippen LogP contribution is -2.40. The third kappa shape index (κ3) is 3.16. The van der Waals surface area contributed by atoms with Crippen LogP contribution in [0.4, 0.5) is 0 Å². The molecule has 3 rings (SSSR count). The molecule has 0 bridgehead atoms. The molecule has 1 heterocycles. The summed E-state index contributed by atoms with van der Waals surface area (Å²) in [7, 11) is 0. The van der Waals surface area contributed by atoms with Gasteiger partial charge in [0.2, 0.25) is 0 Å². The highest BCUT2D eigenvalue weighted by molar-refractivity contribution is 6.30. The van der Waals surface area contributed by atoms with E-state index < -0.39 is 0 Å². The third-order valence-electron chi connectivity index (χ3n) is 5.73. The number of rotatable bonds is 3. The van der Waals surface area contributed by atoms with Crippen molar-refractivity contribution in [3.63, 3.8) is 0 Å². The average Bonchev–Trinajstić information content (AvgIpc) is 2.98. The summed E-state index contributed by atoms with van der Waals surface area (Å²) in [5, 5.41) is 13.2. The molecule has 1 aliphatic heterocycles. The van der Waals surface area contributed by atoms with Crippen LogP contribution < -0.4 is 5.32 Å². The SMILES string of the molecule is C[C@@]1(C(=O)C2CCC(C#N)CC2)CNC[C@@H]1c1ccc(Cl)cc1. The molecule has 1 aromatic rings. The largest absolute Gasteiger partial charge is 0.315 e. The van der Waals surface area contributed by atoms with E-state index in [0.29, 0.717) is 5.78 Å². The Balaban J connectivity index is 1.78. The van der Waals surface area contributed by atoms with Gasteiger partial charge in [0.05, 0.1) is 6.07 Å². The minimum atomic E-state index is -0.363. The Bertz CT molecular complexity index is 613. The van der Waals surface area contributed by atoms with Crippen LogP contribution in [-0.4, -0.2) is 18.9 Å². The first-order valence-corrected chi connectivity index (χ1v) is 8.82. The van der Waals surface area contributed by atoms with Crippen molar-refractivity contribution in [1.29, 1.82) is 5.26 Å². The maximum Gasteiger partial charge on any atom is 0.143 e. The second-order valence-corrected chi connectivity index (χ2v) is 7.63. The van der Waals surface area contributed by atoms with E-state index in [1.54, 1.807) is 0 Å². The highest BCUT2D eigenvalue weighted by Crippen LogP contribution is 2.44. The van der Waals surface area contributed by atoms with Gasteiger partial charge < -0.3 is 5.32 Å². The fourth-order valence-corrected chi connectivity index (χ4v) is 4.34. The second-order valence-electron chi connectivity index (χ2n) is 7.19. The summed E-state index contributed by atoms with van der Waals surface area (Å²) in [6.07, 6.45) is 3.45. The molecule has 2 atom stereocenters. The summed E-state index contributed by atoms with van der Waals surface area (Å²) in [4.78, 5) is 13.2. The molecule has 2 fully saturated rings.